The molecule has 4 rings (SSSR count). The molecular formula is C27H23NO5. The molecule has 1 aliphatic carbocycles. The Morgan fingerprint density at radius 1 is 1.00 bits per heavy atom. The van der Waals surface area contributed by atoms with Crippen molar-refractivity contribution in [1.82, 2.24) is 5.32 Å². The summed E-state index contributed by atoms with van der Waals surface area (Å²) >= 11 is 0. The van der Waals surface area contributed by atoms with Gasteiger partial charge in [0.05, 0.1) is 7.11 Å². The molecule has 0 bridgehead atoms. The molecule has 0 saturated heterocycles. The lowest BCUT2D eigenvalue weighted by Crippen LogP contribution is -2.26. The zero-order chi connectivity index (χ0) is 23.2. The number of benzene rings is 3. The molecule has 0 unspecified atom stereocenters. The molecule has 6 heteroatoms. The molecule has 0 aliphatic heterocycles. The van der Waals surface area contributed by atoms with Crippen LogP contribution in [0.3, 0.4) is 0 Å². The first kappa shape index (κ1) is 22.0. The van der Waals surface area contributed by atoms with Gasteiger partial charge in [0.15, 0.2) is 0 Å². The number of hydrogen-bond donors (Lipinski definition) is 2. The molecule has 6 nitrogen and oxygen atoms in total. The van der Waals surface area contributed by atoms with Crippen LogP contribution in [0.2, 0.25) is 0 Å². The molecule has 3 aromatic carbocycles. The SMILES string of the molecule is COC(=O)c1ccc(C#CCCNC(=O)OCC2c3ccccc3-c3ccccc32)cc1O. The summed E-state index contributed by atoms with van der Waals surface area (Å²) in [5.41, 5.74) is 5.34. The van der Waals surface area contributed by atoms with Crippen molar-refractivity contribution in [3.63, 3.8) is 0 Å². The molecule has 0 spiro atoms. The fourth-order valence-electron chi connectivity index (χ4n) is 3.93. The predicted molar refractivity (Wildman–Crippen MR) is 124 cm³/mol. The van der Waals surface area contributed by atoms with E-state index in [9.17, 15) is 14.7 Å². The van der Waals surface area contributed by atoms with Crippen LogP contribution in [0.15, 0.2) is 66.7 Å². The number of hydrogen-bond acceptors (Lipinski definition) is 5. The number of nitrogens with one attached hydrogen (secondary N) is 1. The summed E-state index contributed by atoms with van der Waals surface area (Å²) in [6, 6.07) is 20.8. The second-order valence-electron chi connectivity index (χ2n) is 7.53. The number of amides is 1. The Morgan fingerprint density at radius 2 is 1.67 bits per heavy atom. The van der Waals surface area contributed by atoms with Crippen LogP contribution < -0.4 is 5.32 Å². The molecule has 0 radical (unpaired) electrons. The number of fused-ring (bicyclic) bond motifs is 3. The molecule has 2 N–H and O–H groups in total. The number of phenolic OH excluding ortho intramolecular Hbond substituents is 1. The zero-order valence-corrected chi connectivity index (χ0v) is 18.1. The summed E-state index contributed by atoms with van der Waals surface area (Å²) in [4.78, 5) is 23.7. The molecule has 3 aromatic rings. The van der Waals surface area contributed by atoms with E-state index in [4.69, 9.17) is 4.74 Å². The number of ether oxygens (including phenoxy) is 2. The Hall–Kier alpha value is -4.24. The monoisotopic (exact) mass is 441 g/mol. The van der Waals surface area contributed by atoms with Crippen LogP contribution in [0, 0.1) is 11.8 Å². The van der Waals surface area contributed by atoms with Crippen molar-refractivity contribution in [3.8, 4) is 28.7 Å². The van der Waals surface area contributed by atoms with Crippen LogP contribution in [0.4, 0.5) is 4.79 Å². The highest BCUT2D eigenvalue weighted by Crippen LogP contribution is 2.44. The third-order valence-corrected chi connectivity index (χ3v) is 5.50. The summed E-state index contributed by atoms with van der Waals surface area (Å²) < 4.78 is 10.1. The van der Waals surface area contributed by atoms with Gasteiger partial charge in [0.2, 0.25) is 0 Å². The Kier molecular flexibility index (Phi) is 6.61. The van der Waals surface area contributed by atoms with E-state index in [2.05, 4.69) is 46.2 Å². The molecule has 1 amide bonds. The quantitative estimate of drug-likeness (QED) is 0.347. The van der Waals surface area contributed by atoms with Gasteiger partial charge in [0, 0.05) is 24.4 Å². The van der Waals surface area contributed by atoms with Crippen molar-refractivity contribution in [2.75, 3.05) is 20.3 Å². The highest BCUT2D eigenvalue weighted by atomic mass is 16.5. The highest BCUT2D eigenvalue weighted by molar-refractivity contribution is 5.92. The van der Waals surface area contributed by atoms with Gasteiger partial charge in [-0.25, -0.2) is 9.59 Å². The van der Waals surface area contributed by atoms with E-state index in [-0.39, 0.29) is 23.8 Å². The summed E-state index contributed by atoms with van der Waals surface area (Å²) in [6.45, 7) is 0.591. The van der Waals surface area contributed by atoms with Crippen LogP contribution in [0.25, 0.3) is 11.1 Å². The van der Waals surface area contributed by atoms with Crippen molar-refractivity contribution < 1.29 is 24.2 Å². The van der Waals surface area contributed by atoms with Crippen LogP contribution in [0.1, 0.15) is 39.4 Å². The molecule has 0 saturated carbocycles. The lowest BCUT2D eigenvalue weighted by Gasteiger charge is -2.14. The van der Waals surface area contributed by atoms with E-state index >= 15 is 0 Å². The number of phenols is 1. The maximum atomic E-state index is 12.2. The lowest BCUT2D eigenvalue weighted by atomic mass is 9.98. The van der Waals surface area contributed by atoms with Gasteiger partial charge in [-0.2, -0.15) is 0 Å². The number of methoxy groups -OCH3 is 1. The standard InChI is InChI=1S/C27H23NO5/c1-32-26(30)23-14-13-18(16-25(23)29)8-6-7-15-28-27(31)33-17-24-21-11-4-2-9-19(21)20-10-3-5-12-22(20)24/h2-5,9-14,16,24,29H,7,15,17H2,1H3,(H,28,31). The van der Waals surface area contributed by atoms with Gasteiger partial charge >= 0.3 is 12.1 Å². The highest BCUT2D eigenvalue weighted by Gasteiger charge is 2.28. The Morgan fingerprint density at radius 3 is 2.30 bits per heavy atom. The summed E-state index contributed by atoms with van der Waals surface area (Å²) in [5, 5.41) is 12.6. The van der Waals surface area contributed by atoms with E-state index in [1.165, 1.54) is 41.5 Å². The molecule has 0 atom stereocenters. The zero-order valence-electron chi connectivity index (χ0n) is 18.1. The molecule has 166 valence electrons. The predicted octanol–water partition coefficient (Wildman–Crippen LogP) is 4.46. The van der Waals surface area contributed by atoms with E-state index in [1.807, 2.05) is 24.3 Å². The third kappa shape index (κ3) is 4.83. The number of carbonyl (C=O) groups excluding carboxylic acids is 2. The van der Waals surface area contributed by atoms with Gasteiger partial charge in [-0.15, -0.1) is 0 Å². The van der Waals surface area contributed by atoms with E-state index in [0.717, 1.165) is 0 Å². The Balaban J connectivity index is 1.27. The van der Waals surface area contributed by atoms with Gasteiger partial charge < -0.3 is 19.9 Å². The van der Waals surface area contributed by atoms with Crippen molar-refractivity contribution in [2.45, 2.75) is 12.3 Å². The van der Waals surface area contributed by atoms with E-state index in [0.29, 0.717) is 18.5 Å². The maximum absolute atomic E-state index is 12.2. The number of aromatic hydroxyl groups is 1. The topological polar surface area (TPSA) is 84.9 Å². The number of alkyl carbamates (subject to hydrolysis) is 1. The largest absolute Gasteiger partial charge is 0.507 e. The summed E-state index contributed by atoms with van der Waals surface area (Å²) in [5.74, 6) is 5.03. The molecule has 0 aromatic heterocycles. The average Bonchev–Trinajstić information content (AvgIpc) is 3.16. The van der Waals surface area contributed by atoms with Crippen LogP contribution in [0.5, 0.6) is 5.75 Å². The molecule has 33 heavy (non-hydrogen) atoms. The normalized spacial score (nSPS) is 11.5. The van der Waals surface area contributed by atoms with Gasteiger partial charge in [-0.3, -0.25) is 0 Å². The lowest BCUT2D eigenvalue weighted by molar-refractivity contribution is 0.0597. The molecule has 0 fully saturated rings. The van der Waals surface area contributed by atoms with Crippen molar-refractivity contribution in [2.24, 2.45) is 0 Å². The average molecular weight is 441 g/mol. The van der Waals surface area contributed by atoms with Crippen molar-refractivity contribution in [3.05, 3.63) is 89.0 Å². The van der Waals surface area contributed by atoms with E-state index in [1.54, 1.807) is 6.07 Å². The van der Waals surface area contributed by atoms with Crippen LogP contribution in [-0.2, 0) is 9.47 Å². The number of rotatable bonds is 5. The minimum Gasteiger partial charge on any atom is -0.507 e. The van der Waals surface area contributed by atoms with Gasteiger partial charge in [-0.05, 0) is 40.5 Å². The van der Waals surface area contributed by atoms with Gasteiger partial charge in [0.25, 0.3) is 0 Å². The number of carbonyl (C=O) groups is 2. The van der Waals surface area contributed by atoms with Gasteiger partial charge in [-0.1, -0.05) is 60.4 Å². The third-order valence-electron chi connectivity index (χ3n) is 5.50. The Labute approximate surface area is 192 Å². The smallest absolute Gasteiger partial charge is 0.407 e. The molecule has 0 heterocycles. The van der Waals surface area contributed by atoms with Crippen LogP contribution in [-0.4, -0.2) is 37.4 Å². The number of esters is 1. The minimum absolute atomic E-state index is 0.0172. The van der Waals surface area contributed by atoms with Gasteiger partial charge in [0.1, 0.15) is 17.9 Å². The van der Waals surface area contributed by atoms with Crippen LogP contribution >= 0.6 is 0 Å². The summed E-state index contributed by atoms with van der Waals surface area (Å²) in [6.07, 6.45) is -0.0808. The first-order chi connectivity index (χ1) is 16.1. The minimum atomic E-state index is -0.612. The first-order valence-electron chi connectivity index (χ1n) is 10.6. The molecular weight excluding hydrogens is 418 g/mol. The van der Waals surface area contributed by atoms with E-state index < -0.39 is 12.1 Å². The Bertz CT molecular complexity index is 1210. The summed E-state index contributed by atoms with van der Waals surface area (Å²) in [7, 11) is 1.25. The van der Waals surface area contributed by atoms with Crippen molar-refractivity contribution >= 4 is 12.1 Å². The second-order valence-corrected chi connectivity index (χ2v) is 7.53. The van der Waals surface area contributed by atoms with Crippen molar-refractivity contribution in [1.29, 1.82) is 0 Å². The first-order valence-corrected chi connectivity index (χ1v) is 10.6. The molecule has 1 aliphatic rings. The fraction of sp³-hybridized carbons (Fsp3) is 0.185. The maximum Gasteiger partial charge on any atom is 0.407 e. The fourth-order valence-corrected chi connectivity index (χ4v) is 3.93. The second kappa shape index (κ2) is 9.92.